The quantitative estimate of drug-likeness (QED) is 0.636. The van der Waals surface area contributed by atoms with E-state index in [-0.39, 0.29) is 29.4 Å². The Kier molecular flexibility index (Phi) is 5.26. The van der Waals surface area contributed by atoms with Crippen molar-refractivity contribution in [1.29, 1.82) is 0 Å². The number of aromatic hydroxyl groups is 1. The molecule has 0 unspecified atom stereocenters. The maximum atomic E-state index is 11.8. The Bertz CT molecular complexity index is 538. The van der Waals surface area contributed by atoms with Crippen LogP contribution < -0.4 is 5.32 Å². The third-order valence-electron chi connectivity index (χ3n) is 2.62. The summed E-state index contributed by atoms with van der Waals surface area (Å²) in [5, 5.41) is 23.0. The van der Waals surface area contributed by atoms with Gasteiger partial charge in [-0.2, -0.15) is 0 Å². The lowest BCUT2D eigenvalue weighted by Gasteiger charge is -2.23. The van der Waals surface area contributed by atoms with E-state index in [4.69, 9.17) is 0 Å². The molecule has 0 aliphatic heterocycles. The molecule has 0 atom stereocenters. The van der Waals surface area contributed by atoms with E-state index in [2.05, 4.69) is 5.32 Å². The molecule has 116 valence electrons. The van der Waals surface area contributed by atoms with Crippen LogP contribution in [0.4, 0.5) is 5.69 Å². The fraction of sp³-hybridized carbons (Fsp3) is 0.500. The molecule has 0 aliphatic carbocycles. The predicted octanol–water partition coefficient (Wildman–Crippen LogP) is 1.65. The smallest absolute Gasteiger partial charge is 0.310 e. The van der Waals surface area contributed by atoms with Crippen LogP contribution in [0.3, 0.4) is 0 Å². The van der Waals surface area contributed by atoms with Crippen LogP contribution in [0.15, 0.2) is 18.2 Å². The average Bonchev–Trinajstić information content (AvgIpc) is 2.24. The second kappa shape index (κ2) is 6.53. The molecule has 0 saturated heterocycles. The maximum absolute atomic E-state index is 11.8. The Morgan fingerprint density at radius 2 is 2.05 bits per heavy atom. The number of benzene rings is 1. The van der Waals surface area contributed by atoms with E-state index >= 15 is 0 Å². The molecule has 0 saturated carbocycles. The van der Waals surface area contributed by atoms with Crippen LogP contribution in [0.5, 0.6) is 5.75 Å². The molecule has 1 rings (SSSR count). The number of nitrogens with one attached hydrogen (secondary N) is 1. The molecule has 0 fully saturated rings. The minimum absolute atomic E-state index is 0.101. The second-order valence-corrected chi connectivity index (χ2v) is 6.05. The normalized spacial score (nSPS) is 11.5. The van der Waals surface area contributed by atoms with Crippen molar-refractivity contribution < 1.29 is 14.8 Å². The molecule has 1 aromatic carbocycles. The second-order valence-electron chi connectivity index (χ2n) is 6.05. The number of hydrogen-bond donors (Lipinski definition) is 2. The van der Waals surface area contributed by atoms with Crippen molar-refractivity contribution in [1.82, 2.24) is 10.2 Å². The highest BCUT2D eigenvalue weighted by molar-refractivity contribution is 5.78. The van der Waals surface area contributed by atoms with Crippen molar-refractivity contribution >= 4 is 11.6 Å². The summed E-state index contributed by atoms with van der Waals surface area (Å²) in [6.07, 6.45) is 0. The van der Waals surface area contributed by atoms with Crippen molar-refractivity contribution in [3.63, 3.8) is 0 Å². The molecule has 0 spiro atoms. The van der Waals surface area contributed by atoms with Crippen LogP contribution in [0.25, 0.3) is 0 Å². The Morgan fingerprint density at radius 1 is 1.43 bits per heavy atom. The number of nitro benzene ring substituents is 1. The van der Waals surface area contributed by atoms with Crippen molar-refractivity contribution in [2.45, 2.75) is 32.9 Å². The largest absolute Gasteiger partial charge is 0.502 e. The van der Waals surface area contributed by atoms with E-state index < -0.39 is 4.92 Å². The van der Waals surface area contributed by atoms with Gasteiger partial charge in [0.1, 0.15) is 0 Å². The molecular weight excluding hydrogens is 274 g/mol. The van der Waals surface area contributed by atoms with Gasteiger partial charge in [-0.05, 0) is 39.4 Å². The van der Waals surface area contributed by atoms with E-state index in [9.17, 15) is 20.0 Å². The number of phenols is 1. The Balaban J connectivity index is 2.63. The van der Waals surface area contributed by atoms with Crippen LogP contribution in [-0.2, 0) is 11.3 Å². The van der Waals surface area contributed by atoms with Gasteiger partial charge in [-0.3, -0.25) is 19.8 Å². The highest BCUT2D eigenvalue weighted by Gasteiger charge is 2.16. The van der Waals surface area contributed by atoms with Crippen molar-refractivity contribution in [2.75, 3.05) is 13.6 Å². The molecule has 0 radical (unpaired) electrons. The zero-order valence-corrected chi connectivity index (χ0v) is 12.7. The Labute approximate surface area is 123 Å². The summed E-state index contributed by atoms with van der Waals surface area (Å²) in [5.74, 6) is -0.471. The Hall–Kier alpha value is -2.15. The molecule has 0 aliphatic rings. The lowest BCUT2D eigenvalue weighted by Crippen LogP contribution is -2.45. The number of hydrogen-bond acceptors (Lipinski definition) is 5. The predicted molar refractivity (Wildman–Crippen MR) is 79.0 cm³/mol. The molecule has 0 aromatic heterocycles. The molecule has 0 bridgehead atoms. The summed E-state index contributed by atoms with van der Waals surface area (Å²) in [7, 11) is 1.76. The third-order valence-corrected chi connectivity index (χ3v) is 2.62. The standard InChI is InChI=1S/C14H21N3O4/c1-14(2,3)15-13(19)9-16(4)8-10-5-6-11(17(20)21)12(18)7-10/h5-7,18H,8-9H2,1-4H3,(H,15,19). The summed E-state index contributed by atoms with van der Waals surface area (Å²) in [4.78, 5) is 23.5. The van der Waals surface area contributed by atoms with Gasteiger partial charge in [-0.1, -0.05) is 6.07 Å². The average molecular weight is 295 g/mol. The first-order chi connectivity index (χ1) is 9.58. The summed E-state index contributed by atoms with van der Waals surface area (Å²) in [5.41, 5.74) is 0.0832. The maximum Gasteiger partial charge on any atom is 0.310 e. The minimum atomic E-state index is -0.639. The topological polar surface area (TPSA) is 95.7 Å². The van der Waals surface area contributed by atoms with Gasteiger partial charge < -0.3 is 10.4 Å². The van der Waals surface area contributed by atoms with Crippen LogP contribution >= 0.6 is 0 Å². The number of nitro groups is 1. The molecule has 1 aromatic rings. The number of rotatable bonds is 5. The first-order valence-corrected chi connectivity index (χ1v) is 6.54. The summed E-state index contributed by atoms with van der Waals surface area (Å²) in [6, 6.07) is 4.17. The molecule has 1 amide bonds. The third kappa shape index (κ3) is 5.78. The van der Waals surface area contributed by atoms with Crippen LogP contribution in [-0.4, -0.2) is 40.0 Å². The van der Waals surface area contributed by atoms with Gasteiger partial charge in [0.25, 0.3) is 0 Å². The van der Waals surface area contributed by atoms with Crippen LogP contribution in [0.1, 0.15) is 26.3 Å². The molecular formula is C14H21N3O4. The van der Waals surface area contributed by atoms with Gasteiger partial charge in [-0.15, -0.1) is 0 Å². The van der Waals surface area contributed by atoms with E-state index in [1.54, 1.807) is 18.0 Å². The van der Waals surface area contributed by atoms with Crippen molar-refractivity contribution in [3.05, 3.63) is 33.9 Å². The van der Waals surface area contributed by atoms with E-state index in [0.717, 1.165) is 0 Å². The number of carbonyl (C=O) groups is 1. The fourth-order valence-corrected chi connectivity index (χ4v) is 1.89. The van der Waals surface area contributed by atoms with Gasteiger partial charge >= 0.3 is 5.69 Å². The molecule has 21 heavy (non-hydrogen) atoms. The van der Waals surface area contributed by atoms with Gasteiger partial charge in [-0.25, -0.2) is 0 Å². The zero-order valence-electron chi connectivity index (χ0n) is 12.7. The first kappa shape index (κ1) is 16.9. The molecule has 2 N–H and O–H groups in total. The van der Waals surface area contributed by atoms with Crippen LogP contribution in [0.2, 0.25) is 0 Å². The van der Waals surface area contributed by atoms with Crippen LogP contribution in [0, 0.1) is 10.1 Å². The summed E-state index contributed by atoms with van der Waals surface area (Å²) >= 11 is 0. The highest BCUT2D eigenvalue weighted by Crippen LogP contribution is 2.26. The van der Waals surface area contributed by atoms with E-state index in [0.29, 0.717) is 12.1 Å². The van der Waals surface area contributed by atoms with Gasteiger partial charge in [0.05, 0.1) is 11.5 Å². The van der Waals surface area contributed by atoms with Gasteiger partial charge in [0.2, 0.25) is 5.91 Å². The van der Waals surface area contributed by atoms with E-state index in [1.165, 1.54) is 12.1 Å². The lowest BCUT2D eigenvalue weighted by atomic mass is 10.1. The number of phenolic OH excluding ortho intramolecular Hbond substituents is 1. The van der Waals surface area contributed by atoms with E-state index in [1.807, 2.05) is 20.8 Å². The highest BCUT2D eigenvalue weighted by atomic mass is 16.6. The number of likely N-dealkylation sites (N-methyl/N-ethyl adjacent to an activating group) is 1. The number of carbonyl (C=O) groups excluding carboxylic acids is 1. The monoisotopic (exact) mass is 295 g/mol. The molecule has 7 nitrogen and oxygen atoms in total. The summed E-state index contributed by atoms with van der Waals surface area (Å²) < 4.78 is 0. The van der Waals surface area contributed by atoms with Gasteiger partial charge in [0.15, 0.2) is 5.75 Å². The zero-order chi connectivity index (χ0) is 16.2. The lowest BCUT2D eigenvalue weighted by molar-refractivity contribution is -0.385. The Morgan fingerprint density at radius 3 is 2.52 bits per heavy atom. The van der Waals surface area contributed by atoms with Gasteiger partial charge in [0, 0.05) is 18.2 Å². The summed E-state index contributed by atoms with van der Waals surface area (Å²) in [6.45, 7) is 6.32. The minimum Gasteiger partial charge on any atom is -0.502 e. The SMILES string of the molecule is CN(CC(=O)NC(C)(C)C)Cc1ccc([N+](=O)[O-])c(O)c1. The number of nitrogens with zero attached hydrogens (tertiary/aromatic N) is 2. The number of amides is 1. The first-order valence-electron chi connectivity index (χ1n) is 6.54. The molecule has 7 heteroatoms. The fourth-order valence-electron chi connectivity index (χ4n) is 1.89. The van der Waals surface area contributed by atoms with Crippen molar-refractivity contribution in [3.8, 4) is 5.75 Å². The van der Waals surface area contributed by atoms with Crippen molar-refractivity contribution in [2.24, 2.45) is 0 Å². The molecule has 0 heterocycles.